The second-order valence-electron chi connectivity index (χ2n) is 3.74. The fourth-order valence-corrected chi connectivity index (χ4v) is 1.54. The molecule has 2 aromatic rings. The van der Waals surface area contributed by atoms with Crippen LogP contribution in [0, 0.1) is 0 Å². The number of benzene rings is 1. The molecule has 1 N–H and O–H groups in total. The zero-order valence-corrected chi connectivity index (χ0v) is 9.16. The number of aromatic nitrogens is 2. The van der Waals surface area contributed by atoms with E-state index in [9.17, 15) is 18.0 Å². The van der Waals surface area contributed by atoms with Crippen molar-refractivity contribution >= 4 is 5.78 Å². The average molecular weight is 254 g/mol. The van der Waals surface area contributed by atoms with Crippen LogP contribution < -0.4 is 0 Å². The van der Waals surface area contributed by atoms with Gasteiger partial charge in [-0.25, -0.2) is 4.98 Å². The monoisotopic (exact) mass is 254 g/mol. The van der Waals surface area contributed by atoms with Crippen LogP contribution in [0.1, 0.15) is 21.7 Å². The van der Waals surface area contributed by atoms with Gasteiger partial charge in [0.2, 0.25) is 5.78 Å². The number of carbonyl (C=O) groups is 1. The molecule has 18 heavy (non-hydrogen) atoms. The number of halogens is 3. The number of carbonyl (C=O) groups excluding carboxylic acids is 1. The number of H-pyrrole nitrogens is 1. The second kappa shape index (κ2) is 4.64. The molecule has 0 spiro atoms. The minimum Gasteiger partial charge on any atom is -0.342 e. The number of imidazole rings is 1. The largest absolute Gasteiger partial charge is 0.416 e. The highest BCUT2D eigenvalue weighted by molar-refractivity contribution is 5.94. The lowest BCUT2D eigenvalue weighted by Gasteiger charge is -2.07. The second-order valence-corrected chi connectivity index (χ2v) is 3.74. The summed E-state index contributed by atoms with van der Waals surface area (Å²) in [6.07, 6.45) is -1.61. The Labute approximate surface area is 101 Å². The lowest BCUT2D eigenvalue weighted by Crippen LogP contribution is -2.08. The summed E-state index contributed by atoms with van der Waals surface area (Å²) in [6.45, 7) is 0. The molecule has 0 unspecified atom stereocenters. The zero-order chi connectivity index (χ0) is 13.2. The topological polar surface area (TPSA) is 45.8 Å². The van der Waals surface area contributed by atoms with Crippen LogP contribution in [0.5, 0.6) is 0 Å². The first kappa shape index (κ1) is 12.3. The Hall–Kier alpha value is -2.11. The van der Waals surface area contributed by atoms with Gasteiger partial charge >= 0.3 is 6.18 Å². The van der Waals surface area contributed by atoms with Crippen LogP contribution >= 0.6 is 0 Å². The van der Waals surface area contributed by atoms with Gasteiger partial charge in [0.15, 0.2) is 5.82 Å². The van der Waals surface area contributed by atoms with E-state index >= 15 is 0 Å². The molecular weight excluding hydrogens is 245 g/mol. The van der Waals surface area contributed by atoms with Gasteiger partial charge in [0.25, 0.3) is 0 Å². The predicted molar refractivity (Wildman–Crippen MR) is 58.1 cm³/mol. The lowest BCUT2D eigenvalue weighted by atomic mass is 10.1. The third-order valence-corrected chi connectivity index (χ3v) is 2.38. The average Bonchev–Trinajstić information content (AvgIpc) is 2.81. The van der Waals surface area contributed by atoms with Crippen molar-refractivity contribution in [3.63, 3.8) is 0 Å². The van der Waals surface area contributed by atoms with Gasteiger partial charge in [0.1, 0.15) is 0 Å². The number of hydrogen-bond acceptors (Lipinski definition) is 2. The summed E-state index contributed by atoms with van der Waals surface area (Å²) in [6, 6.07) is 4.71. The standard InChI is InChI=1S/C12H9F3N2O/c13-12(14,15)9-3-1-2-8(6-9)7-10(18)11-16-4-5-17-11/h1-6H,7H2,(H,16,17). The maximum absolute atomic E-state index is 12.5. The van der Waals surface area contributed by atoms with E-state index in [1.165, 1.54) is 24.5 Å². The molecule has 0 aliphatic rings. The zero-order valence-electron chi connectivity index (χ0n) is 9.16. The predicted octanol–water partition coefficient (Wildman–Crippen LogP) is 2.85. The molecule has 2 rings (SSSR count). The summed E-state index contributed by atoms with van der Waals surface area (Å²) in [5, 5.41) is 0. The summed E-state index contributed by atoms with van der Waals surface area (Å²) >= 11 is 0. The van der Waals surface area contributed by atoms with Crippen LogP contribution in [-0.4, -0.2) is 15.8 Å². The smallest absolute Gasteiger partial charge is 0.342 e. The number of aromatic amines is 1. The van der Waals surface area contributed by atoms with Gasteiger partial charge in [-0.1, -0.05) is 18.2 Å². The van der Waals surface area contributed by atoms with Gasteiger partial charge in [-0.15, -0.1) is 0 Å². The fraction of sp³-hybridized carbons (Fsp3) is 0.167. The first-order valence-corrected chi connectivity index (χ1v) is 5.15. The van der Waals surface area contributed by atoms with Gasteiger partial charge in [0.05, 0.1) is 5.56 Å². The number of ketones is 1. The van der Waals surface area contributed by atoms with Crippen LogP contribution in [0.3, 0.4) is 0 Å². The van der Waals surface area contributed by atoms with Gasteiger partial charge in [-0.2, -0.15) is 13.2 Å². The summed E-state index contributed by atoms with van der Waals surface area (Å²) in [7, 11) is 0. The maximum atomic E-state index is 12.5. The Morgan fingerprint density at radius 1 is 1.33 bits per heavy atom. The molecule has 0 radical (unpaired) electrons. The van der Waals surface area contributed by atoms with Gasteiger partial charge < -0.3 is 4.98 Å². The molecule has 3 nitrogen and oxygen atoms in total. The molecule has 94 valence electrons. The molecule has 1 heterocycles. The van der Waals surface area contributed by atoms with Crippen molar-refractivity contribution in [1.29, 1.82) is 0 Å². The Morgan fingerprint density at radius 2 is 2.11 bits per heavy atom. The van der Waals surface area contributed by atoms with E-state index in [1.807, 2.05) is 0 Å². The number of nitrogens with zero attached hydrogens (tertiary/aromatic N) is 1. The van der Waals surface area contributed by atoms with Crippen molar-refractivity contribution in [2.24, 2.45) is 0 Å². The number of nitrogens with one attached hydrogen (secondary N) is 1. The molecule has 0 atom stereocenters. The molecular formula is C12H9F3N2O. The van der Waals surface area contributed by atoms with Crippen LogP contribution in [0.15, 0.2) is 36.7 Å². The quantitative estimate of drug-likeness (QED) is 0.856. The molecule has 0 saturated carbocycles. The van der Waals surface area contributed by atoms with Gasteiger partial charge in [-0.05, 0) is 11.6 Å². The first-order chi connectivity index (χ1) is 8.47. The Kier molecular flexibility index (Phi) is 3.18. The van der Waals surface area contributed by atoms with Crippen molar-refractivity contribution in [2.45, 2.75) is 12.6 Å². The van der Waals surface area contributed by atoms with Gasteiger partial charge in [0, 0.05) is 18.8 Å². The highest BCUT2D eigenvalue weighted by atomic mass is 19.4. The van der Waals surface area contributed by atoms with Crippen LogP contribution in [-0.2, 0) is 12.6 Å². The Morgan fingerprint density at radius 3 is 2.72 bits per heavy atom. The van der Waals surface area contributed by atoms with Crippen molar-refractivity contribution in [3.05, 3.63) is 53.6 Å². The maximum Gasteiger partial charge on any atom is 0.416 e. The van der Waals surface area contributed by atoms with E-state index in [0.717, 1.165) is 12.1 Å². The summed E-state index contributed by atoms with van der Waals surface area (Å²) in [5.74, 6) is -0.202. The number of hydrogen-bond donors (Lipinski definition) is 1. The molecule has 0 amide bonds. The molecule has 0 aliphatic carbocycles. The third-order valence-electron chi connectivity index (χ3n) is 2.38. The van der Waals surface area contributed by atoms with Crippen molar-refractivity contribution in [1.82, 2.24) is 9.97 Å². The van der Waals surface area contributed by atoms with E-state index in [-0.39, 0.29) is 18.0 Å². The van der Waals surface area contributed by atoms with Crippen molar-refractivity contribution in [2.75, 3.05) is 0 Å². The van der Waals surface area contributed by atoms with Crippen molar-refractivity contribution in [3.8, 4) is 0 Å². The minimum atomic E-state index is -4.40. The fourth-order valence-electron chi connectivity index (χ4n) is 1.54. The molecule has 6 heteroatoms. The SMILES string of the molecule is O=C(Cc1cccc(C(F)(F)F)c1)c1ncc[nH]1. The van der Waals surface area contributed by atoms with Crippen LogP contribution in [0.4, 0.5) is 13.2 Å². The summed E-state index contributed by atoms with van der Waals surface area (Å²) in [4.78, 5) is 18.0. The highest BCUT2D eigenvalue weighted by Gasteiger charge is 2.30. The molecule has 1 aromatic heterocycles. The number of alkyl halides is 3. The first-order valence-electron chi connectivity index (χ1n) is 5.15. The number of rotatable bonds is 3. The van der Waals surface area contributed by atoms with E-state index in [0.29, 0.717) is 5.56 Å². The normalized spacial score (nSPS) is 11.5. The van der Waals surface area contributed by atoms with E-state index < -0.39 is 11.7 Å². The summed E-state index contributed by atoms with van der Waals surface area (Å²) < 4.78 is 37.4. The molecule has 0 fully saturated rings. The molecule has 0 aliphatic heterocycles. The Balaban J connectivity index is 2.18. The van der Waals surface area contributed by atoms with E-state index in [2.05, 4.69) is 9.97 Å². The Bertz CT molecular complexity index is 547. The van der Waals surface area contributed by atoms with E-state index in [1.54, 1.807) is 0 Å². The third kappa shape index (κ3) is 2.77. The lowest BCUT2D eigenvalue weighted by molar-refractivity contribution is -0.137. The molecule has 0 saturated heterocycles. The molecule has 1 aromatic carbocycles. The molecule has 0 bridgehead atoms. The number of Topliss-reactive ketones (excluding diaryl/α,β-unsaturated/α-hetero) is 1. The highest BCUT2D eigenvalue weighted by Crippen LogP contribution is 2.29. The van der Waals surface area contributed by atoms with E-state index in [4.69, 9.17) is 0 Å². The van der Waals surface area contributed by atoms with Crippen molar-refractivity contribution < 1.29 is 18.0 Å². The summed E-state index contributed by atoms with van der Waals surface area (Å²) in [5.41, 5.74) is -0.446. The van der Waals surface area contributed by atoms with Gasteiger partial charge in [-0.3, -0.25) is 4.79 Å². The van der Waals surface area contributed by atoms with Crippen LogP contribution in [0.2, 0.25) is 0 Å². The van der Waals surface area contributed by atoms with Crippen LogP contribution in [0.25, 0.3) is 0 Å². The minimum absolute atomic E-state index is 0.114.